The molecule has 1 heterocycles. The van der Waals surface area contributed by atoms with E-state index >= 15 is 0 Å². The number of amides is 1. The van der Waals surface area contributed by atoms with Gasteiger partial charge in [0.25, 0.3) is 0 Å². The van der Waals surface area contributed by atoms with Crippen LogP contribution in [0.3, 0.4) is 0 Å². The molecule has 1 aromatic rings. The van der Waals surface area contributed by atoms with E-state index in [0.717, 1.165) is 28.5 Å². The maximum Gasteiger partial charge on any atom is 0.228 e. The molecule has 0 saturated heterocycles. The van der Waals surface area contributed by atoms with Crippen LogP contribution in [0.25, 0.3) is 0 Å². The van der Waals surface area contributed by atoms with Crippen LogP contribution < -0.4 is 11.1 Å². The average Bonchev–Trinajstić information content (AvgIpc) is 2.67. The molecule has 110 valence electrons. The third-order valence-electron chi connectivity index (χ3n) is 4.92. The van der Waals surface area contributed by atoms with Gasteiger partial charge in [0.2, 0.25) is 5.91 Å². The van der Waals surface area contributed by atoms with Crippen molar-refractivity contribution in [1.82, 2.24) is 4.98 Å². The second-order valence-electron chi connectivity index (χ2n) is 6.33. The van der Waals surface area contributed by atoms with E-state index in [9.17, 15) is 4.79 Å². The van der Waals surface area contributed by atoms with Crippen molar-refractivity contribution in [3.8, 4) is 0 Å². The third kappa shape index (κ3) is 2.61. The molecule has 2 unspecified atom stereocenters. The van der Waals surface area contributed by atoms with E-state index in [-0.39, 0.29) is 11.8 Å². The first kappa shape index (κ1) is 14.0. The van der Waals surface area contributed by atoms with Gasteiger partial charge in [0.1, 0.15) is 5.00 Å². The number of aromatic nitrogens is 1. The lowest BCUT2D eigenvalue weighted by atomic mass is 9.65. The molecule has 3 N–H and O–H groups in total. The van der Waals surface area contributed by atoms with Gasteiger partial charge in [-0.25, -0.2) is 4.98 Å². The highest BCUT2D eigenvalue weighted by Crippen LogP contribution is 2.42. The second-order valence-corrected chi connectivity index (χ2v) is 7.54. The Balaban J connectivity index is 1.67. The predicted molar refractivity (Wildman–Crippen MR) is 81.7 cm³/mol. The molecule has 0 aromatic carbocycles. The highest BCUT2D eigenvalue weighted by atomic mass is 32.1. The van der Waals surface area contributed by atoms with Crippen LogP contribution in [0.4, 0.5) is 5.00 Å². The van der Waals surface area contributed by atoms with Crippen molar-refractivity contribution in [2.24, 2.45) is 23.5 Å². The van der Waals surface area contributed by atoms with E-state index in [4.69, 9.17) is 5.73 Å². The Morgan fingerprint density at radius 1 is 1.30 bits per heavy atom. The number of nitrogens with one attached hydrogen (secondary N) is 1. The maximum atomic E-state index is 12.5. The average molecular weight is 293 g/mol. The van der Waals surface area contributed by atoms with Gasteiger partial charge >= 0.3 is 0 Å². The van der Waals surface area contributed by atoms with Gasteiger partial charge in [-0.15, -0.1) is 11.3 Å². The minimum absolute atomic E-state index is 0.131. The number of nitrogens with two attached hydrogens (primary N) is 1. The van der Waals surface area contributed by atoms with Gasteiger partial charge in [-0.3, -0.25) is 4.79 Å². The first-order chi connectivity index (χ1) is 9.54. The summed E-state index contributed by atoms with van der Waals surface area (Å²) in [6.07, 6.45) is 5.59. The lowest BCUT2D eigenvalue weighted by Gasteiger charge is -2.43. The molecule has 20 heavy (non-hydrogen) atoms. The fourth-order valence-electron chi connectivity index (χ4n) is 3.86. The maximum absolute atomic E-state index is 12.5. The summed E-state index contributed by atoms with van der Waals surface area (Å²) >= 11 is 1.56. The minimum atomic E-state index is 0.131. The number of carbonyl (C=O) groups is 1. The van der Waals surface area contributed by atoms with Gasteiger partial charge in [-0.1, -0.05) is 6.42 Å². The van der Waals surface area contributed by atoms with Gasteiger partial charge in [-0.05, 0) is 51.4 Å². The fraction of sp³-hybridized carbons (Fsp3) is 0.733. The summed E-state index contributed by atoms with van der Waals surface area (Å²) in [5, 5.41) is 4.99. The monoisotopic (exact) mass is 293 g/mol. The zero-order valence-corrected chi connectivity index (χ0v) is 13.0. The summed E-state index contributed by atoms with van der Waals surface area (Å²) in [6, 6.07) is 0.320. The van der Waals surface area contributed by atoms with E-state index in [2.05, 4.69) is 10.3 Å². The molecule has 2 aliphatic carbocycles. The van der Waals surface area contributed by atoms with Gasteiger partial charge in [0.15, 0.2) is 0 Å². The smallest absolute Gasteiger partial charge is 0.228 e. The number of carbonyl (C=O) groups excluding carboxylic acids is 1. The standard InChI is InChI=1S/C15H23N3OS/c1-8-15(20-9(2)17-8)18-14(19)12-6-10-4-3-5-11(7-12)13(10)16/h10-13H,3-7,16H2,1-2H3,(H,18,19). The van der Waals surface area contributed by atoms with Crippen LogP contribution in [-0.4, -0.2) is 16.9 Å². The lowest BCUT2D eigenvalue weighted by Crippen LogP contribution is -2.48. The summed E-state index contributed by atoms with van der Waals surface area (Å²) < 4.78 is 0. The Morgan fingerprint density at radius 2 is 1.95 bits per heavy atom. The van der Waals surface area contributed by atoms with Crippen molar-refractivity contribution in [2.45, 2.75) is 52.0 Å². The summed E-state index contributed by atoms with van der Waals surface area (Å²) in [4.78, 5) is 16.9. The Hall–Kier alpha value is -0.940. The molecular weight excluding hydrogens is 270 g/mol. The second kappa shape index (κ2) is 5.45. The molecule has 2 aliphatic rings. The highest BCUT2D eigenvalue weighted by Gasteiger charge is 2.40. The van der Waals surface area contributed by atoms with Crippen LogP contribution in [0, 0.1) is 31.6 Å². The molecule has 2 saturated carbocycles. The molecule has 0 spiro atoms. The summed E-state index contributed by atoms with van der Waals surface area (Å²) in [6.45, 7) is 3.92. The number of nitrogens with zero attached hydrogens (tertiary/aromatic N) is 1. The topological polar surface area (TPSA) is 68.0 Å². The number of aryl methyl sites for hydroxylation is 2. The quantitative estimate of drug-likeness (QED) is 0.881. The van der Waals surface area contributed by atoms with Crippen LogP contribution in [0.5, 0.6) is 0 Å². The molecule has 0 radical (unpaired) electrons. The van der Waals surface area contributed by atoms with Gasteiger partial charge in [0, 0.05) is 12.0 Å². The lowest BCUT2D eigenvalue weighted by molar-refractivity contribution is -0.122. The van der Waals surface area contributed by atoms with Gasteiger partial charge in [0.05, 0.1) is 10.7 Å². The summed E-state index contributed by atoms with van der Waals surface area (Å²) in [5.74, 6) is 1.39. The Kier molecular flexibility index (Phi) is 3.82. The van der Waals surface area contributed by atoms with Crippen molar-refractivity contribution in [1.29, 1.82) is 0 Å². The molecular formula is C15H23N3OS. The largest absolute Gasteiger partial charge is 0.327 e. The molecule has 1 aromatic heterocycles. The first-order valence-corrected chi connectivity index (χ1v) is 8.36. The van der Waals surface area contributed by atoms with Crippen LogP contribution in [0.2, 0.25) is 0 Å². The van der Waals surface area contributed by atoms with E-state index in [1.54, 1.807) is 11.3 Å². The first-order valence-electron chi connectivity index (χ1n) is 7.55. The summed E-state index contributed by atoms with van der Waals surface area (Å²) in [7, 11) is 0. The Labute approximate surface area is 124 Å². The van der Waals surface area contributed by atoms with E-state index in [0.29, 0.717) is 17.9 Å². The number of thiazole rings is 1. The zero-order chi connectivity index (χ0) is 14.3. The molecule has 3 rings (SSSR count). The van der Waals surface area contributed by atoms with Gasteiger partial charge < -0.3 is 11.1 Å². The van der Waals surface area contributed by atoms with E-state index < -0.39 is 0 Å². The van der Waals surface area contributed by atoms with Crippen LogP contribution in [-0.2, 0) is 4.79 Å². The minimum Gasteiger partial charge on any atom is -0.327 e. The SMILES string of the molecule is Cc1nc(C)c(NC(=O)C2CC3CCCC(C2)C3N)s1. The Bertz CT molecular complexity index is 499. The molecule has 1 amide bonds. The molecule has 2 atom stereocenters. The fourth-order valence-corrected chi connectivity index (χ4v) is 4.69. The summed E-state index contributed by atoms with van der Waals surface area (Å²) in [5.41, 5.74) is 7.21. The van der Waals surface area contributed by atoms with Crippen molar-refractivity contribution >= 4 is 22.2 Å². The van der Waals surface area contributed by atoms with Gasteiger partial charge in [-0.2, -0.15) is 0 Å². The molecule has 4 nitrogen and oxygen atoms in total. The number of anilines is 1. The molecule has 0 aliphatic heterocycles. The van der Waals surface area contributed by atoms with Crippen LogP contribution >= 0.6 is 11.3 Å². The van der Waals surface area contributed by atoms with Crippen molar-refractivity contribution < 1.29 is 4.79 Å². The molecule has 2 bridgehead atoms. The zero-order valence-electron chi connectivity index (χ0n) is 12.2. The van der Waals surface area contributed by atoms with Crippen LogP contribution in [0.1, 0.15) is 42.8 Å². The number of hydrogen-bond donors (Lipinski definition) is 2. The number of rotatable bonds is 2. The van der Waals surface area contributed by atoms with E-state index in [1.165, 1.54) is 19.3 Å². The van der Waals surface area contributed by atoms with Crippen molar-refractivity contribution in [3.05, 3.63) is 10.7 Å². The highest BCUT2D eigenvalue weighted by molar-refractivity contribution is 7.16. The number of hydrogen-bond acceptors (Lipinski definition) is 4. The Morgan fingerprint density at radius 3 is 2.50 bits per heavy atom. The third-order valence-corrected chi connectivity index (χ3v) is 5.91. The molecule has 2 fully saturated rings. The molecule has 5 heteroatoms. The van der Waals surface area contributed by atoms with Crippen LogP contribution in [0.15, 0.2) is 0 Å². The van der Waals surface area contributed by atoms with Crippen molar-refractivity contribution in [2.75, 3.05) is 5.32 Å². The number of fused-ring (bicyclic) bond motifs is 2. The normalized spacial score (nSPS) is 33.0. The predicted octanol–water partition coefficient (Wildman–Crippen LogP) is 2.85. The van der Waals surface area contributed by atoms with Crippen molar-refractivity contribution in [3.63, 3.8) is 0 Å². The van der Waals surface area contributed by atoms with E-state index in [1.807, 2.05) is 13.8 Å².